The van der Waals surface area contributed by atoms with Crippen molar-refractivity contribution in [2.24, 2.45) is 5.73 Å². The van der Waals surface area contributed by atoms with E-state index in [1.165, 1.54) is 0 Å². The molecule has 5 heteroatoms. The van der Waals surface area contributed by atoms with E-state index in [1.807, 2.05) is 32.2 Å². The third-order valence-corrected chi connectivity index (χ3v) is 3.97. The molecule has 0 spiro atoms. The summed E-state index contributed by atoms with van der Waals surface area (Å²) in [6, 6.07) is 3.61. The molecular weight excluding hydrogens is 318 g/mol. The standard InChI is InChI=1S/C15H18BrN3O/c1-9-8-19-13(10(2)15(9)20-3)7-12(17)14-11(16)5-4-6-18-14/h4-6,8,12H,7,17H2,1-3H3. The zero-order valence-corrected chi connectivity index (χ0v) is 13.4. The van der Waals surface area contributed by atoms with E-state index >= 15 is 0 Å². The number of ether oxygens (including phenoxy) is 1. The maximum Gasteiger partial charge on any atom is 0.128 e. The molecule has 2 N–H and O–H groups in total. The van der Waals surface area contributed by atoms with E-state index in [1.54, 1.807) is 13.3 Å². The van der Waals surface area contributed by atoms with Crippen molar-refractivity contribution >= 4 is 15.9 Å². The summed E-state index contributed by atoms with van der Waals surface area (Å²) in [4.78, 5) is 8.81. The number of aromatic nitrogens is 2. The molecule has 0 saturated carbocycles. The van der Waals surface area contributed by atoms with E-state index in [-0.39, 0.29) is 6.04 Å². The number of pyridine rings is 2. The lowest BCUT2D eigenvalue weighted by molar-refractivity contribution is 0.406. The molecule has 0 fully saturated rings. The van der Waals surface area contributed by atoms with Gasteiger partial charge < -0.3 is 10.5 Å². The zero-order valence-electron chi connectivity index (χ0n) is 11.9. The molecule has 106 valence electrons. The monoisotopic (exact) mass is 335 g/mol. The van der Waals surface area contributed by atoms with Gasteiger partial charge in [0.2, 0.25) is 0 Å². The fourth-order valence-corrected chi connectivity index (χ4v) is 2.80. The quantitative estimate of drug-likeness (QED) is 0.932. The van der Waals surface area contributed by atoms with Crippen molar-refractivity contribution in [3.05, 3.63) is 51.5 Å². The average molecular weight is 336 g/mol. The second-order valence-electron chi connectivity index (χ2n) is 4.73. The van der Waals surface area contributed by atoms with Crippen LogP contribution in [0.2, 0.25) is 0 Å². The van der Waals surface area contributed by atoms with Crippen molar-refractivity contribution < 1.29 is 4.74 Å². The lowest BCUT2D eigenvalue weighted by Gasteiger charge is -2.16. The predicted molar refractivity (Wildman–Crippen MR) is 82.8 cm³/mol. The van der Waals surface area contributed by atoms with Crippen molar-refractivity contribution in [1.29, 1.82) is 0 Å². The van der Waals surface area contributed by atoms with Crippen LogP contribution in [-0.2, 0) is 6.42 Å². The maximum atomic E-state index is 6.25. The zero-order chi connectivity index (χ0) is 14.7. The van der Waals surface area contributed by atoms with Gasteiger partial charge in [0.1, 0.15) is 5.75 Å². The minimum atomic E-state index is -0.204. The lowest BCUT2D eigenvalue weighted by atomic mass is 10.0. The molecule has 2 aromatic rings. The molecule has 2 aromatic heterocycles. The highest BCUT2D eigenvalue weighted by Gasteiger charge is 2.16. The number of halogens is 1. The Morgan fingerprint density at radius 1 is 1.35 bits per heavy atom. The first-order valence-electron chi connectivity index (χ1n) is 6.39. The molecule has 0 aromatic carbocycles. The van der Waals surface area contributed by atoms with E-state index in [4.69, 9.17) is 10.5 Å². The molecule has 4 nitrogen and oxygen atoms in total. The van der Waals surface area contributed by atoms with Gasteiger partial charge in [0, 0.05) is 40.1 Å². The van der Waals surface area contributed by atoms with Gasteiger partial charge in [-0.3, -0.25) is 9.97 Å². The summed E-state index contributed by atoms with van der Waals surface area (Å²) in [5.74, 6) is 0.877. The van der Waals surface area contributed by atoms with Crippen molar-refractivity contribution in [2.75, 3.05) is 7.11 Å². The minimum Gasteiger partial charge on any atom is -0.496 e. The van der Waals surface area contributed by atoms with Crippen LogP contribution in [0.4, 0.5) is 0 Å². The summed E-state index contributed by atoms with van der Waals surface area (Å²) in [6.07, 6.45) is 4.19. The van der Waals surface area contributed by atoms with Gasteiger partial charge in [0.15, 0.2) is 0 Å². The summed E-state index contributed by atoms with van der Waals surface area (Å²) in [6.45, 7) is 3.99. The average Bonchev–Trinajstić information content (AvgIpc) is 2.43. The van der Waals surface area contributed by atoms with Gasteiger partial charge >= 0.3 is 0 Å². The molecule has 1 atom stereocenters. The topological polar surface area (TPSA) is 61.0 Å². The smallest absolute Gasteiger partial charge is 0.128 e. The van der Waals surface area contributed by atoms with Crippen LogP contribution in [0.1, 0.15) is 28.6 Å². The lowest BCUT2D eigenvalue weighted by Crippen LogP contribution is -2.17. The van der Waals surface area contributed by atoms with Crippen LogP contribution in [-0.4, -0.2) is 17.1 Å². The Hall–Kier alpha value is -1.46. The van der Waals surface area contributed by atoms with Gasteiger partial charge in [-0.1, -0.05) is 0 Å². The van der Waals surface area contributed by atoms with Crippen molar-refractivity contribution in [3.63, 3.8) is 0 Å². The number of methoxy groups -OCH3 is 1. The largest absolute Gasteiger partial charge is 0.496 e. The molecule has 0 radical (unpaired) electrons. The van der Waals surface area contributed by atoms with Gasteiger partial charge in [-0.2, -0.15) is 0 Å². The van der Waals surface area contributed by atoms with Crippen LogP contribution in [0.15, 0.2) is 29.0 Å². The molecule has 0 aliphatic heterocycles. The normalized spacial score (nSPS) is 12.2. The fourth-order valence-electron chi connectivity index (χ4n) is 2.25. The molecule has 0 saturated heterocycles. The predicted octanol–water partition coefficient (Wildman–Crippen LogP) is 3.11. The number of nitrogens with zero attached hydrogens (tertiary/aromatic N) is 2. The Balaban J connectivity index is 2.29. The molecule has 2 heterocycles. The highest BCUT2D eigenvalue weighted by Crippen LogP contribution is 2.27. The van der Waals surface area contributed by atoms with Crippen molar-refractivity contribution in [2.45, 2.75) is 26.3 Å². The highest BCUT2D eigenvalue weighted by atomic mass is 79.9. The first-order chi connectivity index (χ1) is 9.54. The third kappa shape index (κ3) is 2.99. The maximum absolute atomic E-state index is 6.25. The van der Waals surface area contributed by atoms with E-state index in [2.05, 4.69) is 25.9 Å². The number of hydrogen-bond donors (Lipinski definition) is 1. The molecule has 2 rings (SSSR count). The van der Waals surface area contributed by atoms with Crippen LogP contribution >= 0.6 is 15.9 Å². The van der Waals surface area contributed by atoms with Gasteiger partial charge in [-0.15, -0.1) is 0 Å². The van der Waals surface area contributed by atoms with Crippen molar-refractivity contribution in [1.82, 2.24) is 9.97 Å². The fraction of sp³-hybridized carbons (Fsp3) is 0.333. The number of rotatable bonds is 4. The van der Waals surface area contributed by atoms with E-state index in [9.17, 15) is 0 Å². The number of aryl methyl sites for hydroxylation is 1. The summed E-state index contributed by atoms with van der Waals surface area (Å²) >= 11 is 3.48. The summed E-state index contributed by atoms with van der Waals surface area (Å²) in [5.41, 5.74) is 10.1. The second-order valence-corrected chi connectivity index (χ2v) is 5.58. The van der Waals surface area contributed by atoms with E-state index in [0.717, 1.165) is 32.7 Å². The van der Waals surface area contributed by atoms with Crippen molar-refractivity contribution in [3.8, 4) is 5.75 Å². The molecule has 1 unspecified atom stereocenters. The van der Waals surface area contributed by atoms with Crippen LogP contribution in [0, 0.1) is 13.8 Å². The Morgan fingerprint density at radius 2 is 2.10 bits per heavy atom. The molecule has 0 amide bonds. The van der Waals surface area contributed by atoms with Crippen LogP contribution in [0.3, 0.4) is 0 Å². The first-order valence-corrected chi connectivity index (χ1v) is 7.19. The Bertz CT molecular complexity index is 616. The molecule has 0 aliphatic rings. The molecule has 20 heavy (non-hydrogen) atoms. The van der Waals surface area contributed by atoms with Gasteiger partial charge in [-0.25, -0.2) is 0 Å². The SMILES string of the molecule is COc1c(C)cnc(CC(N)c2ncccc2Br)c1C. The van der Waals surface area contributed by atoms with Gasteiger partial charge in [0.05, 0.1) is 18.8 Å². The minimum absolute atomic E-state index is 0.204. The van der Waals surface area contributed by atoms with E-state index in [0.29, 0.717) is 6.42 Å². The summed E-state index contributed by atoms with van der Waals surface area (Å²) < 4.78 is 6.34. The van der Waals surface area contributed by atoms with Gasteiger partial charge in [-0.05, 0) is 41.9 Å². The van der Waals surface area contributed by atoms with E-state index < -0.39 is 0 Å². The highest BCUT2D eigenvalue weighted by molar-refractivity contribution is 9.10. The molecule has 0 aliphatic carbocycles. The Labute approximate surface area is 127 Å². The van der Waals surface area contributed by atoms with Gasteiger partial charge in [0.25, 0.3) is 0 Å². The van der Waals surface area contributed by atoms with Crippen LogP contribution in [0.25, 0.3) is 0 Å². The third-order valence-electron chi connectivity index (χ3n) is 3.30. The first kappa shape index (κ1) is 14.9. The number of nitrogens with two attached hydrogens (primary N) is 1. The van der Waals surface area contributed by atoms with Crippen LogP contribution in [0.5, 0.6) is 5.75 Å². The number of hydrogen-bond acceptors (Lipinski definition) is 4. The molecule has 0 bridgehead atoms. The molecular formula is C15H18BrN3O. The second kappa shape index (κ2) is 6.33. The summed E-state index contributed by atoms with van der Waals surface area (Å²) in [5, 5.41) is 0. The Kier molecular flexibility index (Phi) is 4.73. The summed E-state index contributed by atoms with van der Waals surface area (Å²) in [7, 11) is 1.67. The Morgan fingerprint density at radius 3 is 2.75 bits per heavy atom. The van der Waals surface area contributed by atoms with Crippen LogP contribution < -0.4 is 10.5 Å².